The number of hydrogen-bond donors (Lipinski definition) is 2. The first-order valence-electron chi connectivity index (χ1n) is 7.88. The summed E-state index contributed by atoms with van der Waals surface area (Å²) in [5, 5.41) is 5.13. The van der Waals surface area contributed by atoms with Crippen molar-refractivity contribution in [2.75, 3.05) is 0 Å². The lowest BCUT2D eigenvalue weighted by atomic mass is 10.0. The Morgan fingerprint density at radius 2 is 2.09 bits per heavy atom. The van der Waals surface area contributed by atoms with Crippen molar-refractivity contribution in [3.05, 3.63) is 52.5 Å². The lowest BCUT2D eigenvalue weighted by Gasteiger charge is -2.18. The maximum Gasteiger partial charge on any atom is 0.225 e. The molecule has 0 bridgehead atoms. The predicted molar refractivity (Wildman–Crippen MR) is 94.5 cm³/mol. The highest BCUT2D eigenvalue weighted by atomic mass is 32.1. The fourth-order valence-corrected chi connectivity index (χ4v) is 3.37. The lowest BCUT2D eigenvalue weighted by Crippen LogP contribution is -2.31. The number of benzene rings is 1. The van der Waals surface area contributed by atoms with Crippen molar-refractivity contribution >= 4 is 28.3 Å². The number of H-pyrrole nitrogens is 1. The van der Waals surface area contributed by atoms with E-state index in [4.69, 9.17) is 0 Å². The summed E-state index contributed by atoms with van der Waals surface area (Å²) in [6.45, 7) is 4.31. The van der Waals surface area contributed by atoms with Gasteiger partial charge in [0, 0.05) is 4.88 Å². The summed E-state index contributed by atoms with van der Waals surface area (Å²) < 4.78 is 0. The van der Waals surface area contributed by atoms with Gasteiger partial charge in [0.1, 0.15) is 5.82 Å². The minimum atomic E-state index is -0.0881. The van der Waals surface area contributed by atoms with E-state index in [0.29, 0.717) is 12.3 Å². The van der Waals surface area contributed by atoms with E-state index in [1.807, 2.05) is 41.8 Å². The molecule has 0 saturated heterocycles. The average molecular weight is 327 g/mol. The second-order valence-electron chi connectivity index (χ2n) is 6.14. The fourth-order valence-electron chi connectivity index (χ4n) is 2.66. The Morgan fingerprint density at radius 1 is 1.26 bits per heavy atom. The summed E-state index contributed by atoms with van der Waals surface area (Å²) in [6, 6.07) is 11.8. The standard InChI is InChI=1S/C18H21N3OS/c1-12(2)10-16(19-17(22)11-13-6-5-9-23-13)18-20-14-7-3-4-8-15(14)21-18/h3-9,12,16H,10-11H2,1-2H3,(H,19,22)(H,20,21)/t16-/m0/s1. The Hall–Kier alpha value is -2.14. The molecule has 0 saturated carbocycles. The largest absolute Gasteiger partial charge is 0.346 e. The first-order valence-corrected chi connectivity index (χ1v) is 8.76. The number of aromatic amines is 1. The second-order valence-corrected chi connectivity index (χ2v) is 7.18. The molecule has 5 heteroatoms. The van der Waals surface area contributed by atoms with Crippen LogP contribution in [-0.4, -0.2) is 15.9 Å². The van der Waals surface area contributed by atoms with Crippen molar-refractivity contribution in [1.82, 2.24) is 15.3 Å². The van der Waals surface area contributed by atoms with E-state index in [1.54, 1.807) is 11.3 Å². The van der Waals surface area contributed by atoms with Crippen LogP contribution in [0.3, 0.4) is 0 Å². The number of para-hydroxylation sites is 2. The molecule has 0 aliphatic rings. The number of nitrogens with one attached hydrogen (secondary N) is 2. The van der Waals surface area contributed by atoms with Gasteiger partial charge in [0.2, 0.25) is 5.91 Å². The highest BCUT2D eigenvalue weighted by Crippen LogP contribution is 2.22. The SMILES string of the molecule is CC(C)C[C@H](NC(=O)Cc1cccs1)c1nc2ccccc2[nH]1. The smallest absolute Gasteiger partial charge is 0.225 e. The summed E-state index contributed by atoms with van der Waals surface area (Å²) in [5.41, 5.74) is 1.94. The van der Waals surface area contributed by atoms with E-state index in [9.17, 15) is 4.79 Å². The maximum absolute atomic E-state index is 12.3. The molecule has 2 N–H and O–H groups in total. The Morgan fingerprint density at radius 3 is 2.78 bits per heavy atom. The van der Waals surface area contributed by atoms with E-state index in [-0.39, 0.29) is 11.9 Å². The summed E-state index contributed by atoms with van der Waals surface area (Å²) >= 11 is 1.61. The van der Waals surface area contributed by atoms with Crippen LogP contribution in [-0.2, 0) is 11.2 Å². The highest BCUT2D eigenvalue weighted by molar-refractivity contribution is 7.10. The molecule has 0 unspecified atom stereocenters. The third-order valence-corrected chi connectivity index (χ3v) is 4.57. The van der Waals surface area contributed by atoms with Crippen molar-refractivity contribution in [2.45, 2.75) is 32.7 Å². The Bertz CT molecular complexity index is 744. The molecular weight excluding hydrogens is 306 g/mol. The van der Waals surface area contributed by atoms with Gasteiger partial charge in [-0.05, 0) is 35.9 Å². The molecule has 1 atom stereocenters. The third kappa shape index (κ3) is 3.99. The van der Waals surface area contributed by atoms with Crippen LogP contribution in [0.5, 0.6) is 0 Å². The molecule has 3 aromatic rings. The Labute approximate surface area is 140 Å². The van der Waals surface area contributed by atoms with E-state index in [2.05, 4.69) is 29.1 Å². The van der Waals surface area contributed by atoms with Crippen molar-refractivity contribution in [1.29, 1.82) is 0 Å². The van der Waals surface area contributed by atoms with Gasteiger partial charge in [0.05, 0.1) is 23.5 Å². The lowest BCUT2D eigenvalue weighted by molar-refractivity contribution is -0.121. The molecule has 0 aliphatic heterocycles. The second kappa shape index (κ2) is 6.96. The molecule has 4 nitrogen and oxygen atoms in total. The molecule has 0 aliphatic carbocycles. The molecule has 23 heavy (non-hydrogen) atoms. The minimum Gasteiger partial charge on any atom is -0.346 e. The van der Waals surface area contributed by atoms with Gasteiger partial charge in [0.15, 0.2) is 0 Å². The topological polar surface area (TPSA) is 57.8 Å². The van der Waals surface area contributed by atoms with Gasteiger partial charge in [0.25, 0.3) is 0 Å². The Balaban J connectivity index is 1.78. The van der Waals surface area contributed by atoms with Crippen LogP contribution in [0.4, 0.5) is 0 Å². The van der Waals surface area contributed by atoms with Crippen LogP contribution in [0.1, 0.15) is 37.0 Å². The number of aromatic nitrogens is 2. The zero-order chi connectivity index (χ0) is 16.2. The van der Waals surface area contributed by atoms with Crippen LogP contribution >= 0.6 is 11.3 Å². The number of carbonyl (C=O) groups is 1. The first-order chi connectivity index (χ1) is 11.1. The van der Waals surface area contributed by atoms with Gasteiger partial charge < -0.3 is 10.3 Å². The fraction of sp³-hybridized carbons (Fsp3) is 0.333. The highest BCUT2D eigenvalue weighted by Gasteiger charge is 2.20. The van der Waals surface area contributed by atoms with E-state index < -0.39 is 0 Å². The van der Waals surface area contributed by atoms with Gasteiger partial charge in [-0.25, -0.2) is 4.98 Å². The average Bonchev–Trinajstić information content (AvgIpc) is 3.14. The van der Waals surface area contributed by atoms with Gasteiger partial charge in [-0.1, -0.05) is 32.0 Å². The molecule has 2 heterocycles. The zero-order valence-electron chi connectivity index (χ0n) is 13.4. The molecule has 2 aromatic heterocycles. The maximum atomic E-state index is 12.3. The van der Waals surface area contributed by atoms with E-state index in [1.165, 1.54) is 0 Å². The number of amides is 1. The quantitative estimate of drug-likeness (QED) is 0.717. The first kappa shape index (κ1) is 15.7. The molecule has 0 radical (unpaired) electrons. The summed E-state index contributed by atoms with van der Waals surface area (Å²) in [4.78, 5) is 21.4. The van der Waals surface area contributed by atoms with Gasteiger partial charge >= 0.3 is 0 Å². The van der Waals surface area contributed by atoms with Crippen LogP contribution in [0, 0.1) is 5.92 Å². The third-order valence-electron chi connectivity index (χ3n) is 3.69. The number of fused-ring (bicyclic) bond motifs is 1. The van der Waals surface area contributed by atoms with E-state index >= 15 is 0 Å². The number of hydrogen-bond acceptors (Lipinski definition) is 3. The van der Waals surface area contributed by atoms with Crippen LogP contribution < -0.4 is 5.32 Å². The summed E-state index contributed by atoms with van der Waals surface area (Å²) in [7, 11) is 0. The van der Waals surface area contributed by atoms with Crippen molar-refractivity contribution in [3.63, 3.8) is 0 Å². The number of nitrogens with zero attached hydrogens (tertiary/aromatic N) is 1. The van der Waals surface area contributed by atoms with Crippen LogP contribution in [0.2, 0.25) is 0 Å². The number of thiophene rings is 1. The monoisotopic (exact) mass is 327 g/mol. The molecule has 1 aromatic carbocycles. The minimum absolute atomic E-state index is 0.0403. The van der Waals surface area contributed by atoms with Gasteiger partial charge in [-0.15, -0.1) is 11.3 Å². The van der Waals surface area contributed by atoms with Gasteiger partial charge in [-0.2, -0.15) is 0 Å². The molecule has 1 amide bonds. The predicted octanol–water partition coefficient (Wildman–Crippen LogP) is 4.07. The summed E-state index contributed by atoms with van der Waals surface area (Å²) in [6.07, 6.45) is 1.28. The molecule has 0 fully saturated rings. The van der Waals surface area contributed by atoms with Crippen LogP contribution in [0.15, 0.2) is 41.8 Å². The normalized spacial score (nSPS) is 12.7. The van der Waals surface area contributed by atoms with Crippen molar-refractivity contribution in [2.24, 2.45) is 5.92 Å². The van der Waals surface area contributed by atoms with E-state index in [0.717, 1.165) is 28.2 Å². The summed E-state index contributed by atoms with van der Waals surface area (Å²) in [5.74, 6) is 1.34. The van der Waals surface area contributed by atoms with Gasteiger partial charge in [-0.3, -0.25) is 4.79 Å². The van der Waals surface area contributed by atoms with Crippen LogP contribution in [0.25, 0.3) is 11.0 Å². The van der Waals surface area contributed by atoms with Crippen molar-refractivity contribution in [3.8, 4) is 0 Å². The zero-order valence-corrected chi connectivity index (χ0v) is 14.2. The number of carbonyl (C=O) groups excluding carboxylic acids is 1. The Kier molecular flexibility index (Phi) is 4.76. The molecular formula is C18H21N3OS. The number of rotatable bonds is 6. The molecule has 3 rings (SSSR count). The van der Waals surface area contributed by atoms with Crippen molar-refractivity contribution < 1.29 is 4.79 Å². The molecule has 0 spiro atoms. The number of imidazole rings is 1. The molecule has 120 valence electrons.